The Morgan fingerprint density at radius 2 is 1.88 bits per heavy atom. The smallest absolute Gasteiger partial charge is 0.302 e. The zero-order valence-corrected chi connectivity index (χ0v) is 15.3. The molecular weight excluding hydrogens is 300 g/mol. The van der Waals surface area contributed by atoms with Gasteiger partial charge in [-0.1, -0.05) is 19.4 Å². The van der Waals surface area contributed by atoms with Crippen LogP contribution in [0.4, 0.5) is 0 Å². The van der Waals surface area contributed by atoms with Crippen molar-refractivity contribution < 1.29 is 14.3 Å². The number of hydrogen-bond donors (Lipinski definition) is 0. The predicted molar refractivity (Wildman–Crippen MR) is 92.3 cm³/mol. The number of esters is 1. The molecule has 0 radical (unpaired) electrons. The molecule has 3 heteroatoms. The van der Waals surface area contributed by atoms with E-state index in [9.17, 15) is 9.59 Å². The maximum absolute atomic E-state index is 11.9. The summed E-state index contributed by atoms with van der Waals surface area (Å²) in [6.07, 6.45) is 10.8. The lowest BCUT2D eigenvalue weighted by molar-refractivity contribution is -0.157. The van der Waals surface area contributed by atoms with Gasteiger partial charge in [0.2, 0.25) is 0 Å². The molecule has 3 saturated carbocycles. The Hall–Kier alpha value is -1.12. The largest absolute Gasteiger partial charge is 0.462 e. The van der Waals surface area contributed by atoms with Crippen LogP contribution in [0.1, 0.15) is 72.1 Å². The molecule has 0 spiro atoms. The maximum atomic E-state index is 11.9. The molecule has 0 aliphatic heterocycles. The van der Waals surface area contributed by atoms with E-state index in [1.165, 1.54) is 24.8 Å². The molecule has 6 atom stereocenters. The van der Waals surface area contributed by atoms with Crippen molar-refractivity contribution >= 4 is 11.8 Å². The first kappa shape index (κ1) is 16.4. The van der Waals surface area contributed by atoms with E-state index in [1.807, 2.05) is 6.08 Å². The number of hydrogen-bond acceptors (Lipinski definition) is 3. The Balaban J connectivity index is 1.62. The van der Waals surface area contributed by atoms with E-state index in [0.717, 1.165) is 38.0 Å². The third-order valence-electron chi connectivity index (χ3n) is 8.18. The van der Waals surface area contributed by atoms with E-state index >= 15 is 0 Å². The van der Waals surface area contributed by atoms with E-state index in [1.54, 1.807) is 6.92 Å². The Morgan fingerprint density at radius 1 is 1.08 bits per heavy atom. The van der Waals surface area contributed by atoms with E-state index < -0.39 is 0 Å². The van der Waals surface area contributed by atoms with Gasteiger partial charge in [0, 0.05) is 18.8 Å². The predicted octanol–water partition coefficient (Wildman–Crippen LogP) is 4.45. The number of ketones is 1. The van der Waals surface area contributed by atoms with Crippen LogP contribution >= 0.6 is 0 Å². The van der Waals surface area contributed by atoms with E-state index in [-0.39, 0.29) is 22.9 Å². The number of carbonyl (C=O) groups excluding carboxylic acids is 2. The normalized spacial score (nSPS) is 47.3. The Kier molecular flexibility index (Phi) is 3.71. The Bertz CT molecular complexity index is 606. The fourth-order valence-electron chi connectivity index (χ4n) is 6.91. The van der Waals surface area contributed by atoms with Crippen LogP contribution in [-0.4, -0.2) is 17.9 Å². The molecule has 3 nitrogen and oxygen atoms in total. The second-order valence-electron chi connectivity index (χ2n) is 9.19. The van der Waals surface area contributed by atoms with E-state index in [0.29, 0.717) is 17.6 Å². The second-order valence-corrected chi connectivity index (χ2v) is 9.19. The van der Waals surface area contributed by atoms with Crippen LogP contribution in [0.3, 0.4) is 0 Å². The highest BCUT2D eigenvalue weighted by molar-refractivity contribution is 5.91. The molecule has 4 aliphatic rings. The molecule has 0 heterocycles. The summed E-state index contributed by atoms with van der Waals surface area (Å²) in [6.45, 7) is 6.33. The van der Waals surface area contributed by atoms with Crippen LogP contribution in [0.5, 0.6) is 0 Å². The van der Waals surface area contributed by atoms with Crippen molar-refractivity contribution in [2.75, 3.05) is 0 Å². The zero-order chi connectivity index (χ0) is 17.1. The van der Waals surface area contributed by atoms with Crippen LogP contribution in [0.25, 0.3) is 0 Å². The lowest BCUT2D eigenvalue weighted by Gasteiger charge is -2.57. The van der Waals surface area contributed by atoms with Crippen molar-refractivity contribution in [3.8, 4) is 0 Å². The highest BCUT2D eigenvalue weighted by Crippen LogP contribution is 2.65. The number of allylic oxidation sites excluding steroid dienone is 1. The van der Waals surface area contributed by atoms with Gasteiger partial charge in [0.15, 0.2) is 5.78 Å². The van der Waals surface area contributed by atoms with E-state index in [2.05, 4.69) is 13.8 Å². The fraction of sp³-hybridized carbons (Fsp3) is 0.810. The molecule has 0 aromatic carbocycles. The number of fused-ring (bicyclic) bond motifs is 5. The molecule has 2 unspecified atom stereocenters. The molecule has 0 saturated heterocycles. The summed E-state index contributed by atoms with van der Waals surface area (Å²) in [5, 5.41) is 0. The molecule has 24 heavy (non-hydrogen) atoms. The summed E-state index contributed by atoms with van der Waals surface area (Å²) in [7, 11) is 0. The summed E-state index contributed by atoms with van der Waals surface area (Å²) in [5.74, 6) is 2.32. The second kappa shape index (κ2) is 5.44. The highest BCUT2D eigenvalue weighted by atomic mass is 16.5. The monoisotopic (exact) mass is 330 g/mol. The van der Waals surface area contributed by atoms with Crippen molar-refractivity contribution in [3.05, 3.63) is 11.6 Å². The summed E-state index contributed by atoms with van der Waals surface area (Å²) in [6, 6.07) is 0. The fourth-order valence-corrected chi connectivity index (χ4v) is 6.91. The Morgan fingerprint density at radius 3 is 2.62 bits per heavy atom. The first-order valence-electron chi connectivity index (χ1n) is 9.76. The zero-order valence-electron chi connectivity index (χ0n) is 15.3. The molecule has 0 aromatic heterocycles. The summed E-state index contributed by atoms with van der Waals surface area (Å²) in [5.41, 5.74) is 1.82. The molecule has 0 aromatic rings. The van der Waals surface area contributed by atoms with Crippen molar-refractivity contribution in [2.45, 2.75) is 78.2 Å². The number of ether oxygens (including phenoxy) is 1. The van der Waals surface area contributed by atoms with Gasteiger partial charge in [0.25, 0.3) is 0 Å². The van der Waals surface area contributed by atoms with Gasteiger partial charge in [-0.3, -0.25) is 9.59 Å². The molecule has 4 aliphatic carbocycles. The lowest BCUT2D eigenvalue weighted by atomic mass is 9.47. The van der Waals surface area contributed by atoms with Crippen molar-refractivity contribution in [3.63, 3.8) is 0 Å². The number of rotatable bonds is 1. The topological polar surface area (TPSA) is 43.4 Å². The summed E-state index contributed by atoms with van der Waals surface area (Å²) in [4.78, 5) is 23.4. The van der Waals surface area contributed by atoms with Gasteiger partial charge >= 0.3 is 5.97 Å². The average Bonchev–Trinajstić information content (AvgIpc) is 2.84. The van der Waals surface area contributed by atoms with E-state index in [4.69, 9.17) is 4.74 Å². The average molecular weight is 330 g/mol. The molecular formula is C21H30O3. The SMILES string of the molecule is CC(=O)OC1CCC2[C@@H]3CCC4=CC(=O)CC[C@]4(C)[C@H]3CC[C@]12C. The minimum absolute atomic E-state index is 0.110. The van der Waals surface area contributed by atoms with Crippen LogP contribution in [0.15, 0.2) is 11.6 Å². The van der Waals surface area contributed by atoms with Gasteiger partial charge < -0.3 is 4.74 Å². The molecule has 0 bridgehead atoms. The summed E-state index contributed by atoms with van der Waals surface area (Å²) >= 11 is 0. The van der Waals surface area contributed by atoms with Crippen molar-refractivity contribution in [1.82, 2.24) is 0 Å². The molecule has 4 rings (SSSR count). The van der Waals surface area contributed by atoms with Crippen molar-refractivity contribution in [2.24, 2.45) is 28.6 Å². The highest BCUT2D eigenvalue weighted by Gasteiger charge is 2.59. The minimum Gasteiger partial charge on any atom is -0.462 e. The third-order valence-corrected chi connectivity index (χ3v) is 8.18. The summed E-state index contributed by atoms with van der Waals surface area (Å²) < 4.78 is 5.71. The lowest BCUT2D eigenvalue weighted by Crippen LogP contribution is -2.51. The molecule has 0 amide bonds. The molecule has 3 fully saturated rings. The quantitative estimate of drug-likeness (QED) is 0.667. The van der Waals surface area contributed by atoms with Gasteiger partial charge in [0.05, 0.1) is 0 Å². The maximum Gasteiger partial charge on any atom is 0.302 e. The van der Waals surface area contributed by atoms with Crippen LogP contribution in [0.2, 0.25) is 0 Å². The molecule has 0 N–H and O–H groups in total. The van der Waals surface area contributed by atoms with Gasteiger partial charge in [-0.05, 0) is 74.2 Å². The first-order chi connectivity index (χ1) is 11.3. The Labute approximate surface area is 145 Å². The van der Waals surface area contributed by atoms with Crippen molar-refractivity contribution in [1.29, 1.82) is 0 Å². The third kappa shape index (κ3) is 2.23. The van der Waals surface area contributed by atoms with Crippen LogP contribution in [-0.2, 0) is 14.3 Å². The molecule has 132 valence electrons. The minimum atomic E-state index is -0.129. The van der Waals surface area contributed by atoms with Crippen LogP contribution in [0, 0.1) is 28.6 Å². The van der Waals surface area contributed by atoms with Gasteiger partial charge in [-0.2, -0.15) is 0 Å². The van der Waals surface area contributed by atoms with Crippen LogP contribution < -0.4 is 0 Å². The first-order valence-corrected chi connectivity index (χ1v) is 9.76. The van der Waals surface area contributed by atoms with Gasteiger partial charge in [-0.15, -0.1) is 0 Å². The van der Waals surface area contributed by atoms with Gasteiger partial charge in [-0.25, -0.2) is 0 Å². The number of carbonyl (C=O) groups is 2. The standard InChI is InChI=1S/C21H30O3/c1-13(22)24-19-7-6-17-16-5-4-14-12-15(23)8-10-20(14,2)18(16)9-11-21(17,19)3/h12,16-19H,4-11H2,1-3H3/t16-,17?,18-,19?,20-,21-/m0/s1. The van der Waals surface area contributed by atoms with Gasteiger partial charge in [0.1, 0.15) is 6.10 Å².